The van der Waals surface area contributed by atoms with Gasteiger partial charge in [-0.1, -0.05) is 46.7 Å². The lowest BCUT2D eigenvalue weighted by atomic mass is 9.93. The number of hydrogen-bond donors (Lipinski definition) is 1. The van der Waals surface area contributed by atoms with E-state index < -0.39 is 0 Å². The van der Waals surface area contributed by atoms with Crippen molar-refractivity contribution in [2.75, 3.05) is 6.66 Å². The molecule has 156 valence electrons. The van der Waals surface area contributed by atoms with E-state index in [0.717, 1.165) is 36.5 Å². The van der Waals surface area contributed by atoms with Crippen LogP contribution in [0.1, 0.15) is 56.6 Å². The molecule has 1 N–H and O–H groups in total. The van der Waals surface area contributed by atoms with E-state index in [1.165, 1.54) is 5.30 Å². The van der Waals surface area contributed by atoms with Crippen LogP contribution in [0.5, 0.6) is 0 Å². The van der Waals surface area contributed by atoms with Crippen molar-refractivity contribution in [3.8, 4) is 22.3 Å². The Morgan fingerprint density at radius 2 is 1.67 bits per heavy atom. The molecule has 2 aromatic carbocycles. The highest BCUT2D eigenvalue weighted by atomic mass is 31.1. The zero-order valence-electron chi connectivity index (χ0n) is 18.6. The Labute approximate surface area is 181 Å². The van der Waals surface area contributed by atoms with Crippen LogP contribution in [0.2, 0.25) is 0 Å². The van der Waals surface area contributed by atoms with Gasteiger partial charge in [0.1, 0.15) is 6.33 Å². The molecule has 1 amide bonds. The Morgan fingerprint density at radius 3 is 2.27 bits per heavy atom. The van der Waals surface area contributed by atoms with Crippen LogP contribution in [0.3, 0.4) is 0 Å². The molecule has 1 atom stereocenters. The molecular weight excluding hydrogens is 389 g/mol. The van der Waals surface area contributed by atoms with Gasteiger partial charge in [0, 0.05) is 22.9 Å². The topological polar surface area (TPSA) is 54.9 Å². The van der Waals surface area contributed by atoms with Gasteiger partial charge in [-0.25, -0.2) is 9.97 Å². The van der Waals surface area contributed by atoms with Crippen LogP contribution in [-0.4, -0.2) is 28.1 Å². The molecule has 5 heteroatoms. The Kier molecular flexibility index (Phi) is 6.67. The van der Waals surface area contributed by atoms with Crippen molar-refractivity contribution < 1.29 is 4.79 Å². The first-order valence-electron chi connectivity index (χ1n) is 10.2. The number of hydrogen-bond acceptors (Lipinski definition) is 3. The predicted octanol–water partition coefficient (Wildman–Crippen LogP) is 5.40. The number of rotatable bonds is 5. The third-order valence-corrected chi connectivity index (χ3v) is 5.70. The fraction of sp³-hybridized carbons (Fsp3) is 0.320. The van der Waals surface area contributed by atoms with Gasteiger partial charge in [0.15, 0.2) is 0 Å². The average molecular weight is 420 g/mol. The second kappa shape index (κ2) is 9.06. The highest BCUT2D eigenvalue weighted by Gasteiger charge is 2.18. The molecule has 0 bridgehead atoms. The minimum atomic E-state index is -0.310. The lowest BCUT2D eigenvalue weighted by molar-refractivity contribution is 0.0919. The molecule has 1 heterocycles. The molecule has 1 unspecified atom stereocenters. The molecule has 4 nitrogen and oxygen atoms in total. The maximum absolute atomic E-state index is 13.0. The fourth-order valence-corrected chi connectivity index (χ4v) is 3.84. The number of aromatic nitrogens is 2. The molecule has 0 saturated carbocycles. The first-order chi connectivity index (χ1) is 14.2. The first kappa shape index (κ1) is 22.1. The van der Waals surface area contributed by atoms with Gasteiger partial charge in [-0.3, -0.25) is 4.79 Å². The van der Waals surface area contributed by atoms with Gasteiger partial charge < -0.3 is 5.32 Å². The van der Waals surface area contributed by atoms with Crippen LogP contribution in [0.4, 0.5) is 0 Å². The second-order valence-electron chi connectivity index (χ2n) is 8.81. The van der Waals surface area contributed by atoms with Crippen LogP contribution >= 0.6 is 8.58 Å². The Balaban J connectivity index is 2.17. The summed E-state index contributed by atoms with van der Waals surface area (Å²) in [6.45, 7) is 12.4. The first-order valence-corrected chi connectivity index (χ1v) is 11.7. The smallest absolute Gasteiger partial charge is 0.251 e. The van der Waals surface area contributed by atoms with Crippen molar-refractivity contribution in [1.82, 2.24) is 15.3 Å². The number of amides is 1. The number of nitrogens with one attached hydrogen (secondary N) is 1. The standard InChI is InChI=1S/C25H30N3OP/c1-16(2)23-22(14-26-15-27-23)19-11-18(17-7-9-21(30-6)10-8-17)12-20(13-19)24(29)28-25(3,4)5/h7-16,30H,1-6H3,(H,28,29). The normalized spacial score (nSPS) is 12.0. The molecule has 0 saturated heterocycles. The number of benzene rings is 2. The highest BCUT2D eigenvalue weighted by molar-refractivity contribution is 7.46. The Bertz CT molecular complexity index is 1040. The highest BCUT2D eigenvalue weighted by Crippen LogP contribution is 2.32. The molecule has 3 rings (SSSR count). The number of carbonyl (C=O) groups is 1. The van der Waals surface area contributed by atoms with E-state index in [1.54, 1.807) is 6.33 Å². The van der Waals surface area contributed by atoms with Crippen molar-refractivity contribution in [2.24, 2.45) is 0 Å². The molecule has 0 radical (unpaired) electrons. The molecule has 0 aliphatic heterocycles. The van der Waals surface area contributed by atoms with Gasteiger partial charge in [-0.2, -0.15) is 0 Å². The molecule has 1 aromatic heterocycles. The van der Waals surface area contributed by atoms with Crippen molar-refractivity contribution in [1.29, 1.82) is 0 Å². The number of nitrogens with zero attached hydrogens (tertiary/aromatic N) is 2. The minimum Gasteiger partial charge on any atom is -0.347 e. The quantitative estimate of drug-likeness (QED) is 0.564. The molecule has 30 heavy (non-hydrogen) atoms. The zero-order chi connectivity index (χ0) is 21.9. The minimum absolute atomic E-state index is 0.0831. The molecule has 0 spiro atoms. The molecule has 0 fully saturated rings. The fourth-order valence-electron chi connectivity index (χ4n) is 3.34. The molecule has 0 aliphatic carbocycles. The van der Waals surface area contributed by atoms with Gasteiger partial charge in [0.25, 0.3) is 5.91 Å². The third-order valence-electron chi connectivity index (χ3n) is 4.79. The summed E-state index contributed by atoms with van der Waals surface area (Å²) in [4.78, 5) is 21.8. The molecule has 0 aliphatic rings. The Morgan fingerprint density at radius 1 is 1.00 bits per heavy atom. The van der Waals surface area contributed by atoms with E-state index in [0.29, 0.717) is 5.56 Å². The van der Waals surface area contributed by atoms with E-state index >= 15 is 0 Å². The maximum Gasteiger partial charge on any atom is 0.251 e. The summed E-state index contributed by atoms with van der Waals surface area (Å²) in [5.41, 5.74) is 5.32. The van der Waals surface area contributed by atoms with E-state index in [-0.39, 0.29) is 17.4 Å². The van der Waals surface area contributed by atoms with Gasteiger partial charge >= 0.3 is 0 Å². The lowest BCUT2D eigenvalue weighted by Gasteiger charge is -2.21. The summed E-state index contributed by atoms with van der Waals surface area (Å²) in [5, 5.41) is 4.40. The maximum atomic E-state index is 13.0. The zero-order valence-corrected chi connectivity index (χ0v) is 19.6. The van der Waals surface area contributed by atoms with Crippen molar-refractivity contribution in [2.45, 2.75) is 46.1 Å². The van der Waals surface area contributed by atoms with Crippen LogP contribution in [0.15, 0.2) is 55.0 Å². The largest absolute Gasteiger partial charge is 0.347 e. The monoisotopic (exact) mass is 419 g/mol. The predicted molar refractivity (Wildman–Crippen MR) is 128 cm³/mol. The van der Waals surface area contributed by atoms with Gasteiger partial charge in [0.05, 0.1) is 5.69 Å². The van der Waals surface area contributed by atoms with Crippen LogP contribution in [-0.2, 0) is 0 Å². The van der Waals surface area contributed by atoms with E-state index in [2.05, 4.69) is 66.1 Å². The summed E-state index contributed by atoms with van der Waals surface area (Å²) < 4.78 is 0. The molecular formula is C25H30N3OP. The van der Waals surface area contributed by atoms with Gasteiger partial charge in [-0.05, 0) is 73.5 Å². The molecule has 3 aromatic rings. The van der Waals surface area contributed by atoms with Crippen LogP contribution < -0.4 is 10.6 Å². The number of carbonyl (C=O) groups excluding carboxylic acids is 1. The second-order valence-corrected chi connectivity index (χ2v) is 9.88. The van der Waals surface area contributed by atoms with Crippen LogP contribution in [0.25, 0.3) is 22.3 Å². The van der Waals surface area contributed by atoms with E-state index in [9.17, 15) is 4.79 Å². The van der Waals surface area contributed by atoms with Crippen molar-refractivity contribution >= 4 is 19.8 Å². The summed E-state index contributed by atoms with van der Waals surface area (Å²) >= 11 is 0. The summed E-state index contributed by atoms with van der Waals surface area (Å²) in [5.74, 6) is 0.170. The van der Waals surface area contributed by atoms with Gasteiger partial charge in [-0.15, -0.1) is 0 Å². The van der Waals surface area contributed by atoms with Crippen LogP contribution in [0, 0.1) is 0 Å². The van der Waals surface area contributed by atoms with E-state index in [4.69, 9.17) is 0 Å². The lowest BCUT2D eigenvalue weighted by Crippen LogP contribution is -2.40. The summed E-state index contributed by atoms with van der Waals surface area (Å²) in [6, 6.07) is 14.6. The SMILES string of the molecule is CPc1ccc(-c2cc(C(=O)NC(C)(C)C)cc(-c3cncnc3C(C)C)c2)cc1. The van der Waals surface area contributed by atoms with Crippen molar-refractivity contribution in [3.63, 3.8) is 0 Å². The summed E-state index contributed by atoms with van der Waals surface area (Å²) in [6.07, 6.45) is 3.42. The average Bonchev–Trinajstić information content (AvgIpc) is 2.72. The summed E-state index contributed by atoms with van der Waals surface area (Å²) in [7, 11) is 0.761. The van der Waals surface area contributed by atoms with E-state index in [1.807, 2.05) is 39.1 Å². The van der Waals surface area contributed by atoms with Crippen molar-refractivity contribution in [3.05, 3.63) is 66.2 Å². The third kappa shape index (κ3) is 5.31. The van der Waals surface area contributed by atoms with Gasteiger partial charge in [0.2, 0.25) is 0 Å². The Hall–Kier alpha value is -2.58.